The molecule has 1 atom stereocenters. The Balaban J connectivity index is 1.13. The molecule has 3 aliphatic heterocycles. The Morgan fingerprint density at radius 1 is 1.05 bits per heavy atom. The summed E-state index contributed by atoms with van der Waals surface area (Å²) in [5, 5.41) is 3.01. The van der Waals surface area contributed by atoms with Crippen LogP contribution in [0.3, 0.4) is 0 Å². The molecule has 1 unspecified atom stereocenters. The Bertz CT molecular complexity index is 1190. The zero-order valence-electron chi connectivity index (χ0n) is 23.3. The van der Waals surface area contributed by atoms with Gasteiger partial charge in [-0.25, -0.2) is 4.79 Å². The van der Waals surface area contributed by atoms with E-state index in [0.29, 0.717) is 55.3 Å². The third-order valence-corrected chi connectivity index (χ3v) is 8.00. The molecule has 214 valence electrons. The summed E-state index contributed by atoms with van der Waals surface area (Å²) in [6.07, 6.45) is 4.85. The van der Waals surface area contributed by atoms with Crippen molar-refractivity contribution in [2.24, 2.45) is 5.92 Å². The quantitative estimate of drug-likeness (QED) is 0.472. The van der Waals surface area contributed by atoms with Crippen LogP contribution < -0.4 is 14.8 Å². The first-order chi connectivity index (χ1) is 19.5. The number of carbonyl (C=O) groups excluding carboxylic acids is 2. The van der Waals surface area contributed by atoms with Crippen LogP contribution in [-0.2, 0) is 11.2 Å². The highest BCUT2D eigenvalue weighted by atomic mass is 16.7. The number of morpholine rings is 1. The molecule has 0 radical (unpaired) electrons. The number of hydrogen-bond acceptors (Lipinski definition) is 6. The van der Waals surface area contributed by atoms with Crippen molar-refractivity contribution in [2.45, 2.75) is 32.2 Å². The van der Waals surface area contributed by atoms with Gasteiger partial charge < -0.3 is 29.3 Å². The van der Waals surface area contributed by atoms with Gasteiger partial charge in [0, 0.05) is 56.6 Å². The number of ether oxygens (including phenoxy) is 3. The van der Waals surface area contributed by atoms with Crippen molar-refractivity contribution in [1.82, 2.24) is 14.7 Å². The van der Waals surface area contributed by atoms with Crippen molar-refractivity contribution in [3.63, 3.8) is 0 Å². The molecule has 40 heavy (non-hydrogen) atoms. The van der Waals surface area contributed by atoms with Gasteiger partial charge in [0.25, 0.3) is 5.91 Å². The van der Waals surface area contributed by atoms with Crippen LogP contribution in [0.5, 0.6) is 11.5 Å². The molecule has 9 nitrogen and oxygen atoms in total. The Kier molecular flexibility index (Phi) is 9.23. The minimum atomic E-state index is -0.185. The second kappa shape index (κ2) is 13.2. The molecule has 0 bridgehead atoms. The van der Waals surface area contributed by atoms with Crippen molar-refractivity contribution in [1.29, 1.82) is 0 Å². The molecular weight excluding hydrogens is 508 g/mol. The number of anilines is 1. The molecule has 3 aliphatic rings. The molecule has 9 heteroatoms. The lowest BCUT2D eigenvalue weighted by atomic mass is 9.95. The lowest BCUT2D eigenvalue weighted by molar-refractivity contribution is 0.0388. The van der Waals surface area contributed by atoms with Crippen LogP contribution in [0.4, 0.5) is 10.5 Å². The number of piperidine rings is 1. The van der Waals surface area contributed by atoms with Crippen LogP contribution in [0.2, 0.25) is 0 Å². The molecule has 0 aliphatic carbocycles. The van der Waals surface area contributed by atoms with Crippen LogP contribution in [0.15, 0.2) is 55.1 Å². The second-order valence-electron chi connectivity index (χ2n) is 10.8. The van der Waals surface area contributed by atoms with Crippen LogP contribution >= 0.6 is 0 Å². The first kappa shape index (κ1) is 28.0. The number of likely N-dealkylation sites (tertiary alicyclic amines) is 1. The van der Waals surface area contributed by atoms with E-state index in [0.717, 1.165) is 56.7 Å². The molecule has 0 saturated carbocycles. The van der Waals surface area contributed by atoms with E-state index in [1.807, 2.05) is 34.1 Å². The summed E-state index contributed by atoms with van der Waals surface area (Å²) in [6.45, 7) is 12.5. The third-order valence-electron chi connectivity index (χ3n) is 8.00. The Labute approximate surface area is 236 Å². The fourth-order valence-corrected chi connectivity index (χ4v) is 5.68. The van der Waals surface area contributed by atoms with Gasteiger partial charge in [-0.15, -0.1) is 6.58 Å². The summed E-state index contributed by atoms with van der Waals surface area (Å²) in [6, 6.07) is 13.7. The van der Waals surface area contributed by atoms with E-state index in [4.69, 9.17) is 14.2 Å². The highest BCUT2D eigenvalue weighted by Gasteiger charge is 2.29. The number of amides is 3. The van der Waals surface area contributed by atoms with Gasteiger partial charge in [0.2, 0.25) is 6.79 Å². The van der Waals surface area contributed by atoms with Gasteiger partial charge in [-0.05, 0) is 68.0 Å². The molecule has 3 amide bonds. The van der Waals surface area contributed by atoms with Gasteiger partial charge in [-0.3, -0.25) is 9.69 Å². The monoisotopic (exact) mass is 548 g/mol. The molecule has 0 spiro atoms. The van der Waals surface area contributed by atoms with E-state index in [2.05, 4.69) is 29.8 Å². The van der Waals surface area contributed by atoms with Crippen molar-refractivity contribution in [2.75, 3.05) is 64.6 Å². The maximum Gasteiger partial charge on any atom is 0.320 e. The average molecular weight is 549 g/mol. The van der Waals surface area contributed by atoms with E-state index in [1.165, 1.54) is 0 Å². The number of hydrogen-bond donors (Lipinski definition) is 1. The smallest absolute Gasteiger partial charge is 0.320 e. The van der Waals surface area contributed by atoms with E-state index in [-0.39, 0.29) is 18.7 Å². The fraction of sp³-hybridized carbons (Fsp3) is 0.484. The van der Waals surface area contributed by atoms with Gasteiger partial charge >= 0.3 is 6.03 Å². The Morgan fingerprint density at radius 3 is 2.58 bits per heavy atom. The van der Waals surface area contributed by atoms with E-state index < -0.39 is 0 Å². The summed E-state index contributed by atoms with van der Waals surface area (Å²) < 4.78 is 16.1. The standard InChI is InChI=1S/C31H40N4O5/c1-3-11-35(21-24-9-12-33(13-10-24)31(37)34-14-16-38-17-15-34)23(2)18-25-5-4-6-27(19-25)32-30(36)26-7-8-28-29(20-26)40-22-39-28/h3-8,19-20,23-24H,1,9-18,21-22H2,2H3,(H,32,36). The summed E-state index contributed by atoms with van der Waals surface area (Å²) in [7, 11) is 0. The van der Waals surface area contributed by atoms with Gasteiger partial charge in [0.1, 0.15) is 0 Å². The summed E-state index contributed by atoms with van der Waals surface area (Å²) in [5.74, 6) is 1.61. The Hall–Kier alpha value is -3.56. The van der Waals surface area contributed by atoms with Crippen LogP contribution in [0.25, 0.3) is 0 Å². The first-order valence-electron chi connectivity index (χ1n) is 14.3. The third kappa shape index (κ3) is 6.95. The van der Waals surface area contributed by atoms with E-state index in [9.17, 15) is 9.59 Å². The summed E-state index contributed by atoms with van der Waals surface area (Å²) in [5.41, 5.74) is 2.45. The molecular formula is C31H40N4O5. The van der Waals surface area contributed by atoms with Crippen LogP contribution in [0.1, 0.15) is 35.7 Å². The normalized spacial score (nSPS) is 18.1. The molecule has 0 aromatic heterocycles. The van der Waals surface area contributed by atoms with E-state index in [1.54, 1.807) is 18.2 Å². The highest BCUT2D eigenvalue weighted by Crippen LogP contribution is 2.32. The SMILES string of the molecule is C=CCN(CC1CCN(C(=O)N2CCOCC2)CC1)C(C)Cc1cccc(NC(=O)c2ccc3c(c2)OCO3)c1. The predicted octanol–water partition coefficient (Wildman–Crippen LogP) is 4.25. The lowest BCUT2D eigenvalue weighted by Gasteiger charge is -2.39. The zero-order valence-corrected chi connectivity index (χ0v) is 23.3. The maximum atomic E-state index is 12.9. The first-order valence-corrected chi connectivity index (χ1v) is 14.3. The van der Waals surface area contributed by atoms with Gasteiger partial charge in [0.15, 0.2) is 11.5 Å². The van der Waals surface area contributed by atoms with Crippen molar-refractivity contribution in [3.05, 3.63) is 66.2 Å². The second-order valence-corrected chi connectivity index (χ2v) is 10.8. The highest BCUT2D eigenvalue weighted by molar-refractivity contribution is 6.04. The summed E-state index contributed by atoms with van der Waals surface area (Å²) >= 11 is 0. The molecule has 2 aromatic carbocycles. The number of nitrogens with one attached hydrogen (secondary N) is 1. The molecule has 2 saturated heterocycles. The number of carbonyl (C=O) groups is 2. The lowest BCUT2D eigenvalue weighted by Crippen LogP contribution is -2.51. The number of benzene rings is 2. The number of urea groups is 1. The molecule has 2 fully saturated rings. The van der Waals surface area contributed by atoms with Gasteiger partial charge in [-0.1, -0.05) is 18.2 Å². The van der Waals surface area contributed by atoms with Crippen molar-refractivity contribution >= 4 is 17.6 Å². The molecule has 5 rings (SSSR count). The number of fused-ring (bicyclic) bond motifs is 1. The Morgan fingerprint density at radius 2 is 1.80 bits per heavy atom. The van der Waals surface area contributed by atoms with Crippen LogP contribution in [-0.4, -0.2) is 92.0 Å². The fourth-order valence-electron chi connectivity index (χ4n) is 5.68. The van der Waals surface area contributed by atoms with Gasteiger partial charge in [-0.2, -0.15) is 0 Å². The van der Waals surface area contributed by atoms with Gasteiger partial charge in [0.05, 0.1) is 13.2 Å². The van der Waals surface area contributed by atoms with Crippen molar-refractivity contribution < 1.29 is 23.8 Å². The summed E-state index contributed by atoms with van der Waals surface area (Å²) in [4.78, 5) is 32.1. The number of rotatable bonds is 9. The largest absolute Gasteiger partial charge is 0.454 e. The predicted molar refractivity (Wildman–Crippen MR) is 154 cm³/mol. The number of nitrogens with zero attached hydrogens (tertiary/aromatic N) is 3. The average Bonchev–Trinajstić information content (AvgIpc) is 3.46. The molecule has 1 N–H and O–H groups in total. The zero-order chi connectivity index (χ0) is 27.9. The minimum Gasteiger partial charge on any atom is -0.454 e. The van der Waals surface area contributed by atoms with Crippen molar-refractivity contribution in [3.8, 4) is 11.5 Å². The molecule has 3 heterocycles. The van der Waals surface area contributed by atoms with Crippen LogP contribution in [0, 0.1) is 5.92 Å². The topological polar surface area (TPSA) is 83.6 Å². The van der Waals surface area contributed by atoms with E-state index >= 15 is 0 Å². The maximum absolute atomic E-state index is 12.9. The molecule has 2 aromatic rings. The minimum absolute atomic E-state index is 0.156.